The highest BCUT2D eigenvalue weighted by atomic mass is 16.1. The highest BCUT2D eigenvalue weighted by Gasteiger charge is 2.12. The van der Waals surface area contributed by atoms with Crippen molar-refractivity contribution in [1.82, 2.24) is 0 Å². The Morgan fingerprint density at radius 1 is 1.05 bits per heavy atom. The summed E-state index contributed by atoms with van der Waals surface area (Å²) in [6.07, 6.45) is 2.04. The van der Waals surface area contributed by atoms with Gasteiger partial charge in [-0.2, -0.15) is 0 Å². The van der Waals surface area contributed by atoms with Gasteiger partial charge >= 0.3 is 0 Å². The highest BCUT2D eigenvalue weighted by molar-refractivity contribution is 6.04. The molecular weight excluding hydrogens is 258 g/mol. The van der Waals surface area contributed by atoms with Gasteiger partial charge in [-0.1, -0.05) is 51.1 Å². The maximum absolute atomic E-state index is 12.4. The second-order valence-corrected chi connectivity index (χ2v) is 5.40. The molecule has 0 saturated heterocycles. The Bertz CT molecular complexity index is 601. The first-order chi connectivity index (χ1) is 10.2. The summed E-state index contributed by atoms with van der Waals surface area (Å²) >= 11 is 0. The number of nitrogens with one attached hydrogen (secondary N) is 1. The maximum atomic E-state index is 12.4. The normalized spacial score (nSPS) is 12.0. The molecule has 110 valence electrons. The first-order valence-electron chi connectivity index (χ1n) is 7.64. The van der Waals surface area contributed by atoms with Crippen LogP contribution in [0.4, 0.5) is 5.69 Å². The number of para-hydroxylation sites is 1. The van der Waals surface area contributed by atoms with Crippen LogP contribution in [0.5, 0.6) is 0 Å². The Kier molecular flexibility index (Phi) is 5.15. The van der Waals surface area contributed by atoms with Gasteiger partial charge in [0, 0.05) is 11.3 Å². The van der Waals surface area contributed by atoms with Gasteiger partial charge in [-0.15, -0.1) is 0 Å². The largest absolute Gasteiger partial charge is 0.322 e. The summed E-state index contributed by atoms with van der Waals surface area (Å²) in [5, 5.41) is 3.04. The van der Waals surface area contributed by atoms with Gasteiger partial charge in [0.2, 0.25) is 0 Å². The van der Waals surface area contributed by atoms with Crippen molar-refractivity contribution in [2.75, 3.05) is 5.32 Å². The molecule has 2 aromatic carbocycles. The van der Waals surface area contributed by atoms with Gasteiger partial charge in [0.1, 0.15) is 0 Å². The van der Waals surface area contributed by atoms with Crippen LogP contribution in [0.1, 0.15) is 54.6 Å². The van der Waals surface area contributed by atoms with Crippen LogP contribution in [0.15, 0.2) is 48.5 Å². The Balaban J connectivity index is 2.19. The van der Waals surface area contributed by atoms with Crippen molar-refractivity contribution < 1.29 is 4.79 Å². The second-order valence-electron chi connectivity index (χ2n) is 5.40. The molecule has 2 heteroatoms. The van der Waals surface area contributed by atoms with Crippen molar-refractivity contribution in [3.63, 3.8) is 0 Å². The van der Waals surface area contributed by atoms with E-state index >= 15 is 0 Å². The van der Waals surface area contributed by atoms with Crippen molar-refractivity contribution in [3.8, 4) is 0 Å². The lowest BCUT2D eigenvalue weighted by Gasteiger charge is -2.15. The van der Waals surface area contributed by atoms with E-state index in [0.717, 1.165) is 18.5 Å². The minimum Gasteiger partial charge on any atom is -0.322 e. The number of benzene rings is 2. The molecule has 0 fully saturated rings. The van der Waals surface area contributed by atoms with Gasteiger partial charge < -0.3 is 5.32 Å². The fraction of sp³-hybridized carbons (Fsp3) is 0.316. The number of hydrogen-bond donors (Lipinski definition) is 1. The van der Waals surface area contributed by atoms with Crippen molar-refractivity contribution in [2.24, 2.45) is 0 Å². The van der Waals surface area contributed by atoms with Crippen LogP contribution in [0.25, 0.3) is 0 Å². The summed E-state index contributed by atoms with van der Waals surface area (Å²) in [4.78, 5) is 12.4. The summed E-state index contributed by atoms with van der Waals surface area (Å²) < 4.78 is 0. The van der Waals surface area contributed by atoms with Crippen molar-refractivity contribution >= 4 is 11.6 Å². The molecule has 0 bridgehead atoms. The number of carbonyl (C=O) groups excluding carboxylic acids is 1. The molecule has 2 nitrogen and oxygen atoms in total. The zero-order valence-corrected chi connectivity index (χ0v) is 13.0. The summed E-state index contributed by atoms with van der Waals surface area (Å²) in [5.74, 6) is 0.386. The van der Waals surface area contributed by atoms with E-state index in [9.17, 15) is 4.79 Å². The van der Waals surface area contributed by atoms with E-state index in [1.165, 1.54) is 11.1 Å². The number of amides is 1. The first kappa shape index (κ1) is 15.3. The molecule has 0 aliphatic carbocycles. The Hall–Kier alpha value is -2.09. The van der Waals surface area contributed by atoms with Crippen LogP contribution in [0, 0.1) is 0 Å². The fourth-order valence-corrected chi connectivity index (χ4v) is 2.35. The SMILES string of the molecule is CCc1ccc(C(=O)Nc2ccccc2[C@H](C)CC)cc1. The molecule has 1 atom stereocenters. The second kappa shape index (κ2) is 7.07. The standard InChI is InChI=1S/C19H23NO/c1-4-14(3)17-8-6-7-9-18(17)20-19(21)16-12-10-15(5-2)11-13-16/h6-14H,4-5H2,1-3H3,(H,20,21)/t14-/m1/s1. The van der Waals surface area contributed by atoms with Crippen molar-refractivity contribution in [2.45, 2.75) is 39.5 Å². The van der Waals surface area contributed by atoms with Gasteiger partial charge in [0.15, 0.2) is 0 Å². The lowest BCUT2D eigenvalue weighted by Crippen LogP contribution is -2.13. The molecule has 0 radical (unpaired) electrons. The zero-order valence-electron chi connectivity index (χ0n) is 13.0. The van der Waals surface area contributed by atoms with Gasteiger partial charge in [0.05, 0.1) is 0 Å². The predicted molar refractivity (Wildman–Crippen MR) is 88.9 cm³/mol. The third-order valence-corrected chi connectivity index (χ3v) is 3.98. The van der Waals surface area contributed by atoms with E-state index in [1.807, 2.05) is 42.5 Å². The van der Waals surface area contributed by atoms with E-state index < -0.39 is 0 Å². The van der Waals surface area contributed by atoms with Gasteiger partial charge in [-0.3, -0.25) is 4.79 Å². The van der Waals surface area contributed by atoms with Crippen LogP contribution in [0.2, 0.25) is 0 Å². The molecule has 0 heterocycles. The molecule has 1 N–H and O–H groups in total. The van der Waals surface area contributed by atoms with E-state index in [0.29, 0.717) is 11.5 Å². The molecule has 0 unspecified atom stereocenters. The predicted octanol–water partition coefficient (Wildman–Crippen LogP) is 5.01. The summed E-state index contributed by atoms with van der Waals surface area (Å²) in [7, 11) is 0. The molecular formula is C19H23NO. The van der Waals surface area contributed by atoms with Crippen LogP contribution in [0.3, 0.4) is 0 Å². The molecule has 0 aromatic heterocycles. The maximum Gasteiger partial charge on any atom is 0.255 e. The number of aryl methyl sites for hydroxylation is 1. The van der Waals surface area contributed by atoms with E-state index in [4.69, 9.17) is 0 Å². The molecule has 0 saturated carbocycles. The zero-order chi connectivity index (χ0) is 15.2. The molecule has 21 heavy (non-hydrogen) atoms. The summed E-state index contributed by atoms with van der Waals surface area (Å²) in [6.45, 7) is 6.45. The van der Waals surface area contributed by atoms with Gasteiger partial charge in [-0.25, -0.2) is 0 Å². The van der Waals surface area contributed by atoms with Crippen LogP contribution in [-0.4, -0.2) is 5.91 Å². The van der Waals surface area contributed by atoms with Crippen LogP contribution in [-0.2, 0) is 6.42 Å². The van der Waals surface area contributed by atoms with E-state index in [-0.39, 0.29) is 5.91 Å². The minimum atomic E-state index is -0.0478. The summed E-state index contributed by atoms with van der Waals surface area (Å²) in [6, 6.07) is 15.8. The Labute approximate surface area is 127 Å². The number of carbonyl (C=O) groups is 1. The van der Waals surface area contributed by atoms with Crippen molar-refractivity contribution in [1.29, 1.82) is 0 Å². The van der Waals surface area contributed by atoms with Crippen LogP contribution < -0.4 is 5.32 Å². The number of rotatable bonds is 5. The fourth-order valence-electron chi connectivity index (χ4n) is 2.35. The smallest absolute Gasteiger partial charge is 0.255 e. The lowest BCUT2D eigenvalue weighted by atomic mass is 9.96. The molecule has 0 spiro atoms. The average Bonchev–Trinajstić information content (AvgIpc) is 2.54. The highest BCUT2D eigenvalue weighted by Crippen LogP contribution is 2.26. The Morgan fingerprint density at radius 3 is 2.33 bits per heavy atom. The lowest BCUT2D eigenvalue weighted by molar-refractivity contribution is 0.102. The van der Waals surface area contributed by atoms with E-state index in [2.05, 4.69) is 32.2 Å². The molecule has 0 aliphatic rings. The quantitative estimate of drug-likeness (QED) is 0.819. The Morgan fingerprint density at radius 2 is 1.71 bits per heavy atom. The molecule has 2 aromatic rings. The summed E-state index contributed by atoms with van der Waals surface area (Å²) in [5.41, 5.74) is 4.05. The van der Waals surface area contributed by atoms with Crippen molar-refractivity contribution in [3.05, 3.63) is 65.2 Å². The number of anilines is 1. The number of hydrogen-bond acceptors (Lipinski definition) is 1. The minimum absolute atomic E-state index is 0.0478. The van der Waals surface area contributed by atoms with Gasteiger partial charge in [-0.05, 0) is 48.1 Å². The van der Waals surface area contributed by atoms with Crippen LogP contribution >= 0.6 is 0 Å². The average molecular weight is 281 g/mol. The third-order valence-electron chi connectivity index (χ3n) is 3.98. The first-order valence-corrected chi connectivity index (χ1v) is 7.64. The van der Waals surface area contributed by atoms with Gasteiger partial charge in [0.25, 0.3) is 5.91 Å². The molecule has 2 rings (SSSR count). The topological polar surface area (TPSA) is 29.1 Å². The monoisotopic (exact) mass is 281 g/mol. The van der Waals surface area contributed by atoms with E-state index in [1.54, 1.807) is 0 Å². The molecule has 0 aliphatic heterocycles. The third kappa shape index (κ3) is 3.72. The molecule has 1 amide bonds.